The van der Waals surface area contributed by atoms with Crippen LogP contribution in [0.15, 0.2) is 4.99 Å². The molecule has 16 heavy (non-hydrogen) atoms. The quantitative estimate of drug-likeness (QED) is 0.556. The van der Waals surface area contributed by atoms with Gasteiger partial charge in [0, 0.05) is 33.2 Å². The normalized spacial score (nSPS) is 23.2. The molecule has 0 aliphatic carbocycles. The van der Waals surface area contributed by atoms with Crippen LogP contribution in [0.5, 0.6) is 0 Å². The molecule has 4 heteroatoms. The molecule has 94 valence electrons. The summed E-state index contributed by atoms with van der Waals surface area (Å²) in [7, 11) is 3.69. The molecule has 0 radical (unpaired) electrons. The molecule has 0 aromatic carbocycles. The Kier molecular flexibility index (Phi) is 6.23. The van der Waals surface area contributed by atoms with E-state index < -0.39 is 0 Å². The standard InChI is InChI=1S/C12H26N4/c1-4-11-7-5-6-9-16(11)10-8-15-12(13-2)14-3/h11H,4-10H2,1-3H3,(H2,13,14,15). The highest BCUT2D eigenvalue weighted by Crippen LogP contribution is 2.18. The largest absolute Gasteiger partial charge is 0.359 e. The lowest BCUT2D eigenvalue weighted by Gasteiger charge is -2.35. The van der Waals surface area contributed by atoms with Crippen molar-refractivity contribution in [3.63, 3.8) is 0 Å². The van der Waals surface area contributed by atoms with Crippen LogP contribution in [-0.2, 0) is 0 Å². The minimum atomic E-state index is 0.798. The van der Waals surface area contributed by atoms with Gasteiger partial charge in [0.05, 0.1) is 0 Å². The fourth-order valence-electron chi connectivity index (χ4n) is 2.41. The van der Waals surface area contributed by atoms with E-state index in [9.17, 15) is 0 Å². The number of nitrogens with one attached hydrogen (secondary N) is 2. The number of nitrogens with zero attached hydrogens (tertiary/aromatic N) is 2. The highest BCUT2D eigenvalue weighted by molar-refractivity contribution is 5.79. The average Bonchev–Trinajstić information content (AvgIpc) is 2.35. The van der Waals surface area contributed by atoms with Crippen molar-refractivity contribution in [3.05, 3.63) is 0 Å². The van der Waals surface area contributed by atoms with Crippen molar-refractivity contribution in [3.8, 4) is 0 Å². The summed E-state index contributed by atoms with van der Waals surface area (Å²) in [6, 6.07) is 0.798. The van der Waals surface area contributed by atoms with Crippen LogP contribution in [0, 0.1) is 0 Å². The first-order valence-corrected chi connectivity index (χ1v) is 6.44. The van der Waals surface area contributed by atoms with E-state index >= 15 is 0 Å². The van der Waals surface area contributed by atoms with Gasteiger partial charge in [0.15, 0.2) is 5.96 Å². The average molecular weight is 226 g/mol. The van der Waals surface area contributed by atoms with Crippen molar-refractivity contribution in [2.24, 2.45) is 4.99 Å². The summed E-state index contributed by atoms with van der Waals surface area (Å²) >= 11 is 0. The predicted octanol–water partition coefficient (Wildman–Crippen LogP) is 1.05. The maximum atomic E-state index is 4.10. The molecule has 1 unspecified atom stereocenters. The Morgan fingerprint density at radius 1 is 1.44 bits per heavy atom. The Morgan fingerprint density at radius 2 is 2.25 bits per heavy atom. The first-order chi connectivity index (χ1) is 7.81. The van der Waals surface area contributed by atoms with Crippen molar-refractivity contribution in [1.29, 1.82) is 0 Å². The second kappa shape index (κ2) is 7.49. The number of piperidine rings is 1. The molecular formula is C12H26N4. The van der Waals surface area contributed by atoms with Gasteiger partial charge >= 0.3 is 0 Å². The van der Waals surface area contributed by atoms with Crippen molar-refractivity contribution in [1.82, 2.24) is 15.5 Å². The molecule has 1 atom stereocenters. The maximum absolute atomic E-state index is 4.10. The second-order valence-electron chi connectivity index (χ2n) is 4.34. The number of guanidine groups is 1. The minimum absolute atomic E-state index is 0.798. The monoisotopic (exact) mass is 226 g/mol. The van der Waals surface area contributed by atoms with E-state index in [1.54, 1.807) is 7.05 Å². The Balaban J connectivity index is 2.25. The maximum Gasteiger partial charge on any atom is 0.190 e. The Bertz CT molecular complexity index is 215. The van der Waals surface area contributed by atoms with E-state index in [2.05, 4.69) is 27.4 Å². The SMILES string of the molecule is CCC1CCCCN1CCNC(=NC)NC. The van der Waals surface area contributed by atoms with Gasteiger partial charge in [-0.3, -0.25) is 9.89 Å². The van der Waals surface area contributed by atoms with Crippen LogP contribution >= 0.6 is 0 Å². The molecule has 0 amide bonds. The molecule has 1 aliphatic heterocycles. The molecule has 1 rings (SSSR count). The van der Waals surface area contributed by atoms with Crippen LogP contribution in [0.25, 0.3) is 0 Å². The first kappa shape index (κ1) is 13.3. The summed E-state index contributed by atoms with van der Waals surface area (Å²) in [4.78, 5) is 6.71. The fraction of sp³-hybridized carbons (Fsp3) is 0.917. The number of hydrogen-bond donors (Lipinski definition) is 2. The molecule has 1 saturated heterocycles. The van der Waals surface area contributed by atoms with Crippen LogP contribution < -0.4 is 10.6 Å². The fourth-order valence-corrected chi connectivity index (χ4v) is 2.41. The van der Waals surface area contributed by atoms with Gasteiger partial charge in [0.2, 0.25) is 0 Å². The first-order valence-electron chi connectivity index (χ1n) is 6.44. The van der Waals surface area contributed by atoms with Gasteiger partial charge in [-0.05, 0) is 25.8 Å². The zero-order valence-corrected chi connectivity index (χ0v) is 10.9. The summed E-state index contributed by atoms with van der Waals surface area (Å²) in [5.74, 6) is 0.880. The van der Waals surface area contributed by atoms with Gasteiger partial charge in [0.1, 0.15) is 0 Å². The van der Waals surface area contributed by atoms with E-state index in [4.69, 9.17) is 0 Å². The number of aliphatic imine (C=N–C) groups is 1. The Labute approximate surface area is 99.5 Å². The Morgan fingerprint density at radius 3 is 2.88 bits per heavy atom. The smallest absolute Gasteiger partial charge is 0.190 e. The van der Waals surface area contributed by atoms with Crippen LogP contribution in [0.3, 0.4) is 0 Å². The van der Waals surface area contributed by atoms with E-state index in [0.717, 1.165) is 25.1 Å². The summed E-state index contributed by atoms with van der Waals surface area (Å²) in [6.45, 7) is 5.66. The van der Waals surface area contributed by atoms with Crippen molar-refractivity contribution in [2.75, 3.05) is 33.7 Å². The van der Waals surface area contributed by atoms with Crippen LogP contribution in [-0.4, -0.2) is 50.6 Å². The van der Waals surface area contributed by atoms with Crippen molar-refractivity contribution in [2.45, 2.75) is 38.6 Å². The van der Waals surface area contributed by atoms with Gasteiger partial charge in [-0.1, -0.05) is 13.3 Å². The zero-order chi connectivity index (χ0) is 11.8. The van der Waals surface area contributed by atoms with E-state index in [-0.39, 0.29) is 0 Å². The third-order valence-corrected chi connectivity index (χ3v) is 3.37. The molecule has 1 heterocycles. The minimum Gasteiger partial charge on any atom is -0.359 e. The highest BCUT2D eigenvalue weighted by Gasteiger charge is 2.19. The summed E-state index contributed by atoms with van der Waals surface area (Å²) in [5, 5.41) is 6.34. The molecule has 1 aliphatic rings. The van der Waals surface area contributed by atoms with Gasteiger partial charge in [-0.2, -0.15) is 0 Å². The van der Waals surface area contributed by atoms with Crippen molar-refractivity contribution < 1.29 is 0 Å². The molecule has 0 aromatic heterocycles. The lowest BCUT2D eigenvalue weighted by Crippen LogP contribution is -2.45. The van der Waals surface area contributed by atoms with Crippen molar-refractivity contribution >= 4 is 5.96 Å². The van der Waals surface area contributed by atoms with Crippen LogP contribution in [0.4, 0.5) is 0 Å². The van der Waals surface area contributed by atoms with E-state index in [1.165, 1.54) is 32.2 Å². The molecule has 0 saturated carbocycles. The second-order valence-corrected chi connectivity index (χ2v) is 4.34. The topological polar surface area (TPSA) is 39.7 Å². The van der Waals surface area contributed by atoms with Crippen LogP contribution in [0.2, 0.25) is 0 Å². The van der Waals surface area contributed by atoms with E-state index in [1.807, 2.05) is 7.05 Å². The molecule has 2 N–H and O–H groups in total. The molecule has 0 spiro atoms. The van der Waals surface area contributed by atoms with Crippen LogP contribution in [0.1, 0.15) is 32.6 Å². The predicted molar refractivity (Wildman–Crippen MR) is 69.9 cm³/mol. The van der Waals surface area contributed by atoms with Gasteiger partial charge < -0.3 is 10.6 Å². The Hall–Kier alpha value is -0.770. The summed E-state index contributed by atoms with van der Waals surface area (Å²) in [6.07, 6.45) is 5.41. The van der Waals surface area contributed by atoms with E-state index in [0.29, 0.717) is 0 Å². The van der Waals surface area contributed by atoms with Gasteiger partial charge in [0.25, 0.3) is 0 Å². The van der Waals surface area contributed by atoms with Gasteiger partial charge in [-0.25, -0.2) is 0 Å². The lowest BCUT2D eigenvalue weighted by molar-refractivity contribution is 0.147. The summed E-state index contributed by atoms with van der Waals surface area (Å²) < 4.78 is 0. The number of hydrogen-bond acceptors (Lipinski definition) is 2. The molecule has 0 aromatic rings. The number of rotatable bonds is 4. The molecule has 0 bridgehead atoms. The molecule has 4 nitrogen and oxygen atoms in total. The third-order valence-electron chi connectivity index (χ3n) is 3.37. The third kappa shape index (κ3) is 4.00. The zero-order valence-electron chi connectivity index (χ0n) is 10.9. The van der Waals surface area contributed by atoms with Gasteiger partial charge in [-0.15, -0.1) is 0 Å². The summed E-state index contributed by atoms with van der Waals surface area (Å²) in [5.41, 5.74) is 0. The molecular weight excluding hydrogens is 200 g/mol. The highest BCUT2D eigenvalue weighted by atomic mass is 15.2. The lowest BCUT2D eigenvalue weighted by atomic mass is 10.0. The number of likely N-dealkylation sites (tertiary alicyclic amines) is 1. The molecule has 1 fully saturated rings.